The average molecular weight is 319 g/mol. The summed E-state index contributed by atoms with van der Waals surface area (Å²) in [6, 6.07) is 5.17. The van der Waals surface area contributed by atoms with E-state index in [1.165, 1.54) is 11.3 Å². The maximum atomic E-state index is 12.1. The number of ether oxygens (including phenoxy) is 3. The summed E-state index contributed by atoms with van der Waals surface area (Å²) in [7, 11) is 0. The van der Waals surface area contributed by atoms with Crippen molar-refractivity contribution in [2.45, 2.75) is 6.10 Å². The van der Waals surface area contributed by atoms with Gasteiger partial charge in [-0.15, -0.1) is 0 Å². The number of hydrogen-bond acceptors (Lipinski definition) is 6. The molecule has 2 aromatic rings. The molecule has 114 valence electrons. The van der Waals surface area contributed by atoms with Gasteiger partial charge in [0.2, 0.25) is 6.79 Å². The molecule has 4 rings (SSSR count). The predicted octanol–water partition coefficient (Wildman–Crippen LogP) is 2.17. The summed E-state index contributed by atoms with van der Waals surface area (Å²) >= 11 is 1.45. The predicted molar refractivity (Wildman–Crippen MR) is 79.7 cm³/mol. The SMILES string of the molecule is O=C(Nc1ccc2c(c1)OCO2)N1CC(Oc2nccs2)C1. The third-order valence-corrected chi connectivity index (χ3v) is 4.10. The van der Waals surface area contributed by atoms with E-state index >= 15 is 0 Å². The van der Waals surface area contributed by atoms with Crippen LogP contribution in [0, 0.1) is 0 Å². The Morgan fingerprint density at radius 3 is 3.05 bits per heavy atom. The molecule has 0 unspecified atom stereocenters. The van der Waals surface area contributed by atoms with Gasteiger partial charge in [-0.25, -0.2) is 9.78 Å². The molecule has 1 saturated heterocycles. The third-order valence-electron chi connectivity index (χ3n) is 3.44. The fourth-order valence-electron chi connectivity index (χ4n) is 2.27. The third kappa shape index (κ3) is 2.52. The molecule has 0 atom stereocenters. The molecule has 1 N–H and O–H groups in total. The van der Waals surface area contributed by atoms with Crippen LogP contribution < -0.4 is 19.5 Å². The van der Waals surface area contributed by atoms with Gasteiger partial charge in [0, 0.05) is 23.3 Å². The zero-order valence-electron chi connectivity index (χ0n) is 11.5. The van der Waals surface area contributed by atoms with Gasteiger partial charge in [0.15, 0.2) is 11.5 Å². The highest BCUT2D eigenvalue weighted by Crippen LogP contribution is 2.34. The zero-order valence-corrected chi connectivity index (χ0v) is 12.3. The van der Waals surface area contributed by atoms with E-state index in [9.17, 15) is 4.79 Å². The number of anilines is 1. The first-order valence-electron chi connectivity index (χ1n) is 6.80. The molecule has 1 aromatic heterocycles. The van der Waals surface area contributed by atoms with E-state index in [-0.39, 0.29) is 18.9 Å². The molecule has 2 aliphatic rings. The van der Waals surface area contributed by atoms with Gasteiger partial charge in [0.25, 0.3) is 5.19 Å². The van der Waals surface area contributed by atoms with Crippen LogP contribution in [0.1, 0.15) is 0 Å². The molecule has 0 spiro atoms. The lowest BCUT2D eigenvalue weighted by molar-refractivity contribution is 0.0491. The molecule has 0 bridgehead atoms. The van der Waals surface area contributed by atoms with Crippen LogP contribution in [-0.2, 0) is 0 Å². The van der Waals surface area contributed by atoms with E-state index in [1.54, 1.807) is 29.3 Å². The van der Waals surface area contributed by atoms with E-state index in [1.807, 2.05) is 5.38 Å². The Morgan fingerprint density at radius 1 is 1.36 bits per heavy atom. The number of thiazole rings is 1. The lowest BCUT2D eigenvalue weighted by atomic mass is 10.2. The first-order valence-corrected chi connectivity index (χ1v) is 7.67. The lowest BCUT2D eigenvalue weighted by Crippen LogP contribution is -2.57. The molecule has 0 radical (unpaired) electrons. The van der Waals surface area contributed by atoms with Crippen LogP contribution in [0.15, 0.2) is 29.8 Å². The van der Waals surface area contributed by atoms with Gasteiger partial charge in [-0.2, -0.15) is 0 Å². The molecule has 0 saturated carbocycles. The highest BCUT2D eigenvalue weighted by atomic mass is 32.1. The van der Waals surface area contributed by atoms with E-state index in [2.05, 4.69) is 10.3 Å². The van der Waals surface area contributed by atoms with Crippen molar-refractivity contribution in [1.29, 1.82) is 0 Å². The minimum absolute atomic E-state index is 0.00801. The maximum Gasteiger partial charge on any atom is 0.322 e. The Morgan fingerprint density at radius 2 is 2.23 bits per heavy atom. The normalized spacial score (nSPS) is 16.3. The summed E-state index contributed by atoms with van der Waals surface area (Å²) in [4.78, 5) is 17.9. The number of amides is 2. The monoisotopic (exact) mass is 319 g/mol. The number of likely N-dealkylation sites (tertiary alicyclic amines) is 1. The summed E-state index contributed by atoms with van der Waals surface area (Å²) in [6.45, 7) is 1.32. The molecule has 1 aromatic carbocycles. The van der Waals surface area contributed by atoms with Gasteiger partial charge in [0.1, 0.15) is 6.10 Å². The number of aromatic nitrogens is 1. The Bertz CT molecular complexity index is 685. The Hall–Kier alpha value is -2.48. The first-order chi connectivity index (χ1) is 10.8. The van der Waals surface area contributed by atoms with Gasteiger partial charge in [-0.05, 0) is 12.1 Å². The number of nitrogens with zero attached hydrogens (tertiary/aromatic N) is 2. The van der Waals surface area contributed by atoms with Crippen molar-refractivity contribution in [3.8, 4) is 16.7 Å². The van der Waals surface area contributed by atoms with Crippen molar-refractivity contribution in [3.05, 3.63) is 29.8 Å². The van der Waals surface area contributed by atoms with Crippen molar-refractivity contribution < 1.29 is 19.0 Å². The highest BCUT2D eigenvalue weighted by Gasteiger charge is 2.33. The quantitative estimate of drug-likeness (QED) is 0.938. The Balaban J connectivity index is 1.30. The second-order valence-electron chi connectivity index (χ2n) is 4.94. The average Bonchev–Trinajstić information content (AvgIpc) is 3.12. The van der Waals surface area contributed by atoms with Crippen LogP contribution in [0.5, 0.6) is 16.7 Å². The molecular weight excluding hydrogens is 306 g/mol. The van der Waals surface area contributed by atoms with Gasteiger partial charge < -0.3 is 24.4 Å². The van der Waals surface area contributed by atoms with Crippen LogP contribution in [0.3, 0.4) is 0 Å². The highest BCUT2D eigenvalue weighted by molar-refractivity contribution is 7.11. The van der Waals surface area contributed by atoms with Gasteiger partial charge in [-0.3, -0.25) is 0 Å². The maximum absolute atomic E-state index is 12.1. The fraction of sp³-hybridized carbons (Fsp3) is 0.286. The number of fused-ring (bicyclic) bond motifs is 1. The minimum atomic E-state index is -0.155. The summed E-state index contributed by atoms with van der Waals surface area (Å²) in [5, 5.41) is 5.33. The molecule has 3 heterocycles. The zero-order chi connectivity index (χ0) is 14.9. The second-order valence-corrected chi connectivity index (χ2v) is 5.80. The van der Waals surface area contributed by atoms with Gasteiger partial charge in [-0.1, -0.05) is 11.3 Å². The van der Waals surface area contributed by atoms with Crippen LogP contribution >= 0.6 is 11.3 Å². The molecule has 7 nitrogen and oxygen atoms in total. The van der Waals surface area contributed by atoms with Crippen molar-refractivity contribution >= 4 is 23.1 Å². The van der Waals surface area contributed by atoms with Crippen LogP contribution in [-0.4, -0.2) is 41.9 Å². The van der Waals surface area contributed by atoms with Crippen LogP contribution in [0.2, 0.25) is 0 Å². The topological polar surface area (TPSA) is 72.9 Å². The van der Waals surface area contributed by atoms with Crippen molar-refractivity contribution in [1.82, 2.24) is 9.88 Å². The molecule has 22 heavy (non-hydrogen) atoms. The number of carbonyl (C=O) groups is 1. The summed E-state index contributed by atoms with van der Waals surface area (Å²) in [5.41, 5.74) is 0.679. The van der Waals surface area contributed by atoms with Crippen molar-refractivity contribution in [3.63, 3.8) is 0 Å². The number of benzene rings is 1. The smallest absolute Gasteiger partial charge is 0.322 e. The van der Waals surface area contributed by atoms with Crippen LogP contribution in [0.25, 0.3) is 0 Å². The molecule has 1 fully saturated rings. The largest absolute Gasteiger partial charge is 0.463 e. The number of nitrogens with one attached hydrogen (secondary N) is 1. The molecule has 8 heteroatoms. The molecule has 0 aliphatic carbocycles. The summed E-state index contributed by atoms with van der Waals surface area (Å²) < 4.78 is 16.2. The number of rotatable bonds is 3. The van der Waals surface area contributed by atoms with Gasteiger partial charge >= 0.3 is 6.03 Å². The fourth-order valence-corrected chi connectivity index (χ4v) is 2.82. The van der Waals surface area contributed by atoms with E-state index in [0.717, 1.165) is 0 Å². The first kappa shape index (κ1) is 13.2. The standard InChI is InChI=1S/C14H13N3O4S/c18-13(16-9-1-2-11-12(5-9)20-8-19-11)17-6-10(7-17)21-14-15-3-4-22-14/h1-5,10H,6-8H2,(H,16,18). The van der Waals surface area contributed by atoms with E-state index < -0.39 is 0 Å². The van der Waals surface area contributed by atoms with E-state index in [0.29, 0.717) is 35.5 Å². The summed E-state index contributed by atoms with van der Waals surface area (Å²) in [5.74, 6) is 1.34. The summed E-state index contributed by atoms with van der Waals surface area (Å²) in [6.07, 6.45) is 1.71. The minimum Gasteiger partial charge on any atom is -0.463 e. The Labute approximate surface area is 130 Å². The van der Waals surface area contributed by atoms with Crippen molar-refractivity contribution in [2.24, 2.45) is 0 Å². The number of carbonyl (C=O) groups excluding carboxylic acids is 1. The number of urea groups is 1. The molecular formula is C14H13N3O4S. The van der Waals surface area contributed by atoms with Crippen molar-refractivity contribution in [2.75, 3.05) is 25.2 Å². The molecule has 2 amide bonds. The van der Waals surface area contributed by atoms with Crippen LogP contribution in [0.4, 0.5) is 10.5 Å². The number of hydrogen-bond donors (Lipinski definition) is 1. The lowest BCUT2D eigenvalue weighted by Gasteiger charge is -2.38. The second kappa shape index (κ2) is 5.38. The Kier molecular flexibility index (Phi) is 3.23. The van der Waals surface area contributed by atoms with Gasteiger partial charge in [0.05, 0.1) is 13.1 Å². The molecule has 2 aliphatic heterocycles. The van der Waals surface area contributed by atoms with E-state index in [4.69, 9.17) is 14.2 Å².